The fourth-order valence-electron chi connectivity index (χ4n) is 3.42. The predicted octanol–water partition coefficient (Wildman–Crippen LogP) is 2.93. The van der Waals surface area contributed by atoms with Crippen molar-refractivity contribution in [1.82, 2.24) is 4.72 Å². The monoisotopic (exact) mass is 432 g/mol. The highest BCUT2D eigenvalue weighted by molar-refractivity contribution is 7.89. The van der Waals surface area contributed by atoms with Crippen LogP contribution in [0.25, 0.3) is 0 Å². The molecule has 0 unspecified atom stereocenters. The number of amides is 1. The molecule has 7 heteroatoms. The van der Waals surface area contributed by atoms with E-state index in [1.54, 1.807) is 19.1 Å². The van der Waals surface area contributed by atoms with Crippen LogP contribution in [-0.2, 0) is 14.8 Å². The fourth-order valence-corrected chi connectivity index (χ4v) is 4.41. The van der Waals surface area contributed by atoms with E-state index in [0.29, 0.717) is 23.1 Å². The summed E-state index contributed by atoms with van der Waals surface area (Å²) < 4.78 is 26.6. The number of carbonyl (C=O) groups excluding carboxylic acids is 1. The van der Waals surface area contributed by atoms with Crippen LogP contribution >= 0.6 is 0 Å². The minimum Gasteiger partial charge on any atom is -0.332 e. The van der Waals surface area contributed by atoms with E-state index in [4.69, 9.17) is 0 Å². The molecule has 0 aromatic heterocycles. The Labute approximate surface area is 180 Å². The van der Waals surface area contributed by atoms with Gasteiger partial charge in [-0.1, -0.05) is 58.0 Å². The first-order valence-corrected chi connectivity index (χ1v) is 11.8. The van der Waals surface area contributed by atoms with E-state index in [-0.39, 0.29) is 23.4 Å². The molecule has 6 nitrogen and oxygen atoms in total. The average molecular weight is 433 g/mol. The Morgan fingerprint density at radius 1 is 1.00 bits per heavy atom. The highest BCUT2D eigenvalue weighted by atomic mass is 32.2. The molecular weight excluding hydrogens is 398 g/mol. The number of hydrogen-bond acceptors (Lipinski definition) is 3. The summed E-state index contributed by atoms with van der Waals surface area (Å²) in [7, 11) is -2.21. The summed E-state index contributed by atoms with van der Waals surface area (Å²) in [6.45, 7) is 10.6. The second kappa shape index (κ2) is 10.2. The van der Waals surface area contributed by atoms with Crippen LogP contribution in [-0.4, -0.2) is 27.9 Å². The van der Waals surface area contributed by atoms with Crippen molar-refractivity contribution in [3.8, 4) is 0 Å². The van der Waals surface area contributed by atoms with Crippen molar-refractivity contribution < 1.29 is 18.5 Å². The van der Waals surface area contributed by atoms with Gasteiger partial charge in [-0.3, -0.25) is 4.79 Å². The Bertz CT molecular complexity index is 968. The van der Waals surface area contributed by atoms with Gasteiger partial charge in [0.2, 0.25) is 10.0 Å². The van der Waals surface area contributed by atoms with Crippen LogP contribution in [0.2, 0.25) is 0 Å². The molecule has 0 radical (unpaired) electrons. The Kier molecular flexibility index (Phi) is 8.18. The van der Waals surface area contributed by atoms with Crippen LogP contribution in [0.1, 0.15) is 56.3 Å². The molecule has 0 aliphatic carbocycles. The van der Waals surface area contributed by atoms with E-state index in [0.717, 1.165) is 0 Å². The van der Waals surface area contributed by atoms with Crippen LogP contribution in [0.3, 0.4) is 0 Å². The number of hydrogen-bond donors (Lipinski definition) is 3. The third-order valence-corrected chi connectivity index (χ3v) is 6.85. The fraction of sp³-hybridized carbons (Fsp3) is 0.435. The number of rotatable bonds is 9. The van der Waals surface area contributed by atoms with Crippen molar-refractivity contribution in [1.29, 1.82) is 0 Å². The second-order valence-corrected chi connectivity index (χ2v) is 10.1. The van der Waals surface area contributed by atoms with Crippen LogP contribution in [0, 0.1) is 12.8 Å². The summed E-state index contributed by atoms with van der Waals surface area (Å²) in [6.07, 6.45) is 0. The van der Waals surface area contributed by atoms with E-state index in [1.807, 2.05) is 5.32 Å². The van der Waals surface area contributed by atoms with Crippen LogP contribution in [0.15, 0.2) is 47.4 Å². The number of sulfonamides is 1. The summed E-state index contributed by atoms with van der Waals surface area (Å²) in [4.78, 5) is 12.7. The van der Waals surface area contributed by atoms with E-state index >= 15 is 0 Å². The van der Waals surface area contributed by atoms with Gasteiger partial charge in [-0.05, 0) is 43.1 Å². The summed E-state index contributed by atoms with van der Waals surface area (Å²) in [5, 5.41) is 4.84. The van der Waals surface area contributed by atoms with Gasteiger partial charge < -0.3 is 10.6 Å². The maximum Gasteiger partial charge on any atom is 0.279 e. The first kappa shape index (κ1) is 24.1. The minimum absolute atomic E-state index is 0.162. The van der Waals surface area contributed by atoms with Crippen molar-refractivity contribution >= 4 is 21.6 Å². The first-order chi connectivity index (χ1) is 14.0. The van der Waals surface area contributed by atoms with Crippen molar-refractivity contribution in [2.75, 3.05) is 18.9 Å². The van der Waals surface area contributed by atoms with Crippen molar-refractivity contribution in [3.05, 3.63) is 59.2 Å². The molecule has 0 fully saturated rings. The van der Waals surface area contributed by atoms with Crippen molar-refractivity contribution in [2.45, 2.75) is 51.5 Å². The van der Waals surface area contributed by atoms with Crippen molar-refractivity contribution in [3.63, 3.8) is 0 Å². The van der Waals surface area contributed by atoms with Gasteiger partial charge in [0, 0.05) is 17.2 Å². The number of aryl methyl sites for hydroxylation is 1. The van der Waals surface area contributed by atoms with Gasteiger partial charge in [-0.2, -0.15) is 0 Å². The molecule has 4 N–H and O–H groups in total. The first-order valence-electron chi connectivity index (χ1n) is 10.3. The predicted molar refractivity (Wildman–Crippen MR) is 121 cm³/mol. The van der Waals surface area contributed by atoms with Crippen molar-refractivity contribution in [2.24, 2.45) is 5.92 Å². The molecule has 0 aliphatic rings. The van der Waals surface area contributed by atoms with Crippen LogP contribution in [0.4, 0.5) is 5.69 Å². The lowest BCUT2D eigenvalue weighted by Crippen LogP contribution is -2.88. The minimum atomic E-state index is -3.58. The maximum absolute atomic E-state index is 12.5. The zero-order valence-electron chi connectivity index (χ0n) is 18.7. The largest absolute Gasteiger partial charge is 0.332 e. The van der Waals surface area contributed by atoms with E-state index in [2.05, 4.69) is 62.0 Å². The molecule has 0 saturated carbocycles. The lowest BCUT2D eigenvalue weighted by atomic mass is 9.93. The van der Waals surface area contributed by atoms with Gasteiger partial charge in [-0.25, -0.2) is 13.1 Å². The highest BCUT2D eigenvalue weighted by Crippen LogP contribution is 2.22. The number of nitrogens with one attached hydrogen (secondary N) is 2. The Morgan fingerprint density at radius 2 is 1.60 bits per heavy atom. The molecule has 0 spiro atoms. The van der Waals surface area contributed by atoms with Gasteiger partial charge in [0.1, 0.15) is 6.04 Å². The number of benzene rings is 2. The van der Waals surface area contributed by atoms with Gasteiger partial charge in [0.25, 0.3) is 5.91 Å². The Morgan fingerprint density at radius 3 is 2.13 bits per heavy atom. The topological polar surface area (TPSA) is 91.9 Å². The molecule has 0 heterocycles. The lowest BCUT2D eigenvalue weighted by molar-refractivity contribution is -0.692. The molecule has 2 aromatic carbocycles. The molecule has 2 aromatic rings. The second-order valence-electron chi connectivity index (χ2n) is 8.27. The quantitative estimate of drug-likeness (QED) is 0.569. The third-order valence-electron chi connectivity index (χ3n) is 5.29. The molecule has 0 bridgehead atoms. The average Bonchev–Trinajstić information content (AvgIpc) is 2.69. The SMILES string of the molecule is CNS(=O)(=O)c1cc(NC(=O)C[NH2+][C@@H](c2ccc(C(C)C)cc2)C(C)C)ccc1C. The molecular formula is C23H34N3O3S+. The van der Waals surface area contributed by atoms with Gasteiger partial charge in [0.15, 0.2) is 6.54 Å². The number of anilines is 1. The van der Waals surface area contributed by atoms with Crippen LogP contribution < -0.4 is 15.4 Å². The number of carbonyl (C=O) groups is 1. The summed E-state index contributed by atoms with van der Waals surface area (Å²) in [5.74, 6) is 0.669. The van der Waals surface area contributed by atoms with Gasteiger partial charge in [-0.15, -0.1) is 0 Å². The summed E-state index contributed by atoms with van der Waals surface area (Å²) in [6, 6.07) is 13.6. The molecule has 2 rings (SSSR count). The number of nitrogens with two attached hydrogens (primary N) is 1. The Balaban J connectivity index is 2.07. The van der Waals surface area contributed by atoms with Gasteiger partial charge in [0.05, 0.1) is 4.90 Å². The van der Waals surface area contributed by atoms with Gasteiger partial charge >= 0.3 is 0 Å². The summed E-state index contributed by atoms with van der Waals surface area (Å²) >= 11 is 0. The molecule has 0 aliphatic heterocycles. The molecule has 30 heavy (non-hydrogen) atoms. The standard InChI is InChI=1S/C23H33N3O3S/c1-15(2)18-8-10-19(11-9-18)23(16(3)4)25-14-22(27)26-20-12-7-17(5)21(13-20)30(28,29)24-6/h7-13,15-16,23-25H,14H2,1-6H3,(H,26,27)/p+1/t23-/m1/s1. The van der Waals surface area contributed by atoms with E-state index in [1.165, 1.54) is 24.2 Å². The lowest BCUT2D eigenvalue weighted by Gasteiger charge is -2.20. The van der Waals surface area contributed by atoms with E-state index < -0.39 is 10.0 Å². The maximum atomic E-state index is 12.5. The summed E-state index contributed by atoms with van der Waals surface area (Å²) in [5.41, 5.74) is 3.58. The Hall–Kier alpha value is -2.22. The van der Waals surface area contributed by atoms with E-state index in [9.17, 15) is 13.2 Å². The zero-order valence-corrected chi connectivity index (χ0v) is 19.5. The molecule has 0 saturated heterocycles. The highest BCUT2D eigenvalue weighted by Gasteiger charge is 2.21. The smallest absolute Gasteiger partial charge is 0.279 e. The zero-order chi connectivity index (χ0) is 22.5. The molecule has 1 amide bonds. The molecule has 1 atom stereocenters. The number of quaternary nitrogens is 1. The normalized spacial score (nSPS) is 12.9. The molecule has 164 valence electrons. The third kappa shape index (κ3) is 6.14. The van der Waals surface area contributed by atoms with Crippen LogP contribution in [0.5, 0.6) is 0 Å².